The van der Waals surface area contributed by atoms with E-state index in [0.717, 1.165) is 23.1 Å². The molecule has 1 aromatic carbocycles. The molecule has 26 heavy (non-hydrogen) atoms. The summed E-state index contributed by atoms with van der Waals surface area (Å²) in [6.07, 6.45) is 0.694. The number of rotatable bonds is 6. The van der Waals surface area contributed by atoms with Crippen LogP contribution in [0.15, 0.2) is 23.2 Å². The molecule has 140 valence electrons. The van der Waals surface area contributed by atoms with E-state index in [-0.39, 0.29) is 17.7 Å². The van der Waals surface area contributed by atoms with E-state index >= 15 is 0 Å². The van der Waals surface area contributed by atoms with Crippen molar-refractivity contribution >= 4 is 30.0 Å². The van der Waals surface area contributed by atoms with Crippen molar-refractivity contribution in [2.45, 2.75) is 44.6 Å². The first-order chi connectivity index (χ1) is 12.2. The summed E-state index contributed by atoms with van der Waals surface area (Å²) in [5.74, 6) is -0.207. The number of aldehydes is 1. The molecule has 8 heteroatoms. The van der Waals surface area contributed by atoms with Crippen LogP contribution in [-0.4, -0.2) is 22.1 Å². The predicted octanol–water partition coefficient (Wildman–Crippen LogP) is 4.45. The summed E-state index contributed by atoms with van der Waals surface area (Å²) in [6.45, 7) is 7.80. The fourth-order valence-electron chi connectivity index (χ4n) is 2.56. The Morgan fingerprint density at radius 2 is 1.77 bits per heavy atom. The zero-order valence-corrected chi connectivity index (χ0v) is 16.3. The summed E-state index contributed by atoms with van der Waals surface area (Å²) in [5, 5.41) is 7.45. The lowest BCUT2D eigenvalue weighted by Gasteiger charge is -2.20. The summed E-state index contributed by atoms with van der Waals surface area (Å²) in [7, 11) is 1.65. The minimum absolute atomic E-state index is 0.0529. The van der Waals surface area contributed by atoms with Gasteiger partial charge in [-0.2, -0.15) is 5.10 Å². The van der Waals surface area contributed by atoms with Gasteiger partial charge in [-0.05, 0) is 35.1 Å². The number of aryl methyl sites for hydroxylation is 1. The van der Waals surface area contributed by atoms with Crippen LogP contribution in [-0.2, 0) is 7.05 Å². The summed E-state index contributed by atoms with van der Waals surface area (Å²) in [6, 6.07) is 4.04. The van der Waals surface area contributed by atoms with Gasteiger partial charge in [0.25, 0.3) is 0 Å². The van der Waals surface area contributed by atoms with E-state index < -0.39 is 6.03 Å². The van der Waals surface area contributed by atoms with E-state index in [1.165, 1.54) is 16.8 Å². The molecule has 2 aromatic rings. The molecule has 2 rings (SSSR count). The lowest BCUT2D eigenvalue weighted by Crippen LogP contribution is -2.24. The third kappa shape index (κ3) is 4.63. The normalized spacial score (nSPS) is 11.1. The van der Waals surface area contributed by atoms with Crippen LogP contribution in [0.2, 0.25) is 0 Å². The first-order valence-electron chi connectivity index (χ1n) is 8.29. The number of aromatic nitrogens is 2. The monoisotopic (exact) mass is 378 g/mol. The van der Waals surface area contributed by atoms with Crippen molar-refractivity contribution in [1.29, 1.82) is 0 Å². The number of hydrogen-bond donors (Lipinski definition) is 2. The van der Waals surface area contributed by atoms with Gasteiger partial charge in [-0.15, -0.1) is 0 Å². The maximum Gasteiger partial charge on any atom is 0.329 e. The van der Waals surface area contributed by atoms with Crippen LogP contribution < -0.4 is 10.0 Å². The van der Waals surface area contributed by atoms with Crippen LogP contribution in [0.25, 0.3) is 0 Å². The summed E-state index contributed by atoms with van der Waals surface area (Å²) >= 11 is 1.00. The molecule has 0 atom stereocenters. The minimum Gasteiger partial charge on any atom is -0.307 e. The van der Waals surface area contributed by atoms with Gasteiger partial charge < -0.3 is 5.32 Å². The molecule has 2 N–H and O–H groups in total. The van der Waals surface area contributed by atoms with Gasteiger partial charge in [-0.3, -0.25) is 14.2 Å². The van der Waals surface area contributed by atoms with Crippen LogP contribution >= 0.6 is 11.9 Å². The van der Waals surface area contributed by atoms with Crippen LogP contribution in [0, 0.1) is 5.82 Å². The van der Waals surface area contributed by atoms with Crippen molar-refractivity contribution in [3.05, 3.63) is 40.8 Å². The molecule has 0 aliphatic carbocycles. The Bertz CT molecular complexity index is 789. The molecule has 0 fully saturated rings. The Kier molecular flexibility index (Phi) is 6.42. The molecule has 1 heterocycles. The molecular formula is C18H23FN4O2S. The Hall–Kier alpha value is -2.35. The van der Waals surface area contributed by atoms with Gasteiger partial charge >= 0.3 is 6.03 Å². The molecule has 0 aliphatic rings. The van der Waals surface area contributed by atoms with E-state index in [1.54, 1.807) is 13.1 Å². The second-order valence-electron chi connectivity index (χ2n) is 6.58. The molecule has 0 unspecified atom stereocenters. The fourth-order valence-corrected chi connectivity index (χ4v) is 3.15. The second-order valence-corrected chi connectivity index (χ2v) is 7.40. The Balaban J connectivity index is 2.18. The van der Waals surface area contributed by atoms with Gasteiger partial charge in [-0.1, -0.05) is 27.7 Å². The Morgan fingerprint density at radius 3 is 2.23 bits per heavy atom. The standard InChI is InChI=1S/C18H23FN4O2S/c1-10(2)14-6-12(19)7-15(11(3)4)17(14)20-18(25)22-26-16-8-13(9-24)23(5)21-16/h6-11H,1-5H3,(H2,20,22,25). The zero-order valence-electron chi connectivity index (χ0n) is 15.5. The number of hydrogen-bond acceptors (Lipinski definition) is 4. The molecule has 0 spiro atoms. The highest BCUT2D eigenvalue weighted by molar-refractivity contribution is 7.97. The van der Waals surface area contributed by atoms with Crippen LogP contribution in [0.4, 0.5) is 14.9 Å². The number of anilines is 1. The molecule has 1 aromatic heterocycles. The zero-order chi connectivity index (χ0) is 19.4. The lowest BCUT2D eigenvalue weighted by molar-refractivity contribution is 0.111. The maximum absolute atomic E-state index is 13.9. The van der Waals surface area contributed by atoms with E-state index in [0.29, 0.717) is 22.7 Å². The highest BCUT2D eigenvalue weighted by Crippen LogP contribution is 2.33. The summed E-state index contributed by atoms with van der Waals surface area (Å²) in [5.41, 5.74) is 2.53. The second kappa shape index (κ2) is 8.35. The predicted molar refractivity (Wildman–Crippen MR) is 101 cm³/mol. The Morgan fingerprint density at radius 1 is 1.19 bits per heavy atom. The highest BCUT2D eigenvalue weighted by Gasteiger charge is 2.18. The molecule has 0 saturated heterocycles. The van der Waals surface area contributed by atoms with Crippen LogP contribution in [0.3, 0.4) is 0 Å². The van der Waals surface area contributed by atoms with E-state index in [2.05, 4.69) is 15.1 Å². The first kappa shape index (κ1) is 20.0. The number of amides is 2. The van der Waals surface area contributed by atoms with E-state index in [4.69, 9.17) is 0 Å². The minimum atomic E-state index is -0.441. The summed E-state index contributed by atoms with van der Waals surface area (Å²) < 4.78 is 18.0. The van der Waals surface area contributed by atoms with Gasteiger partial charge in [0.2, 0.25) is 0 Å². The third-order valence-electron chi connectivity index (χ3n) is 3.91. The summed E-state index contributed by atoms with van der Waals surface area (Å²) in [4.78, 5) is 23.2. The quantitative estimate of drug-likeness (QED) is 0.575. The lowest BCUT2D eigenvalue weighted by atomic mass is 9.92. The smallest absolute Gasteiger partial charge is 0.307 e. The SMILES string of the molecule is CC(C)c1cc(F)cc(C(C)C)c1NC(=O)NSc1cc(C=O)n(C)n1. The van der Waals surface area contributed by atoms with Gasteiger partial charge in [0, 0.05) is 30.7 Å². The molecule has 6 nitrogen and oxygen atoms in total. The van der Waals surface area contributed by atoms with Crippen LogP contribution in [0.5, 0.6) is 0 Å². The molecule has 0 saturated carbocycles. The number of carbonyl (C=O) groups is 2. The van der Waals surface area contributed by atoms with Crippen molar-refractivity contribution in [3.8, 4) is 0 Å². The van der Waals surface area contributed by atoms with Gasteiger partial charge in [0.15, 0.2) is 6.29 Å². The van der Waals surface area contributed by atoms with Crippen molar-refractivity contribution in [1.82, 2.24) is 14.5 Å². The molecule has 2 amide bonds. The van der Waals surface area contributed by atoms with Gasteiger partial charge in [0.1, 0.15) is 16.5 Å². The molecule has 0 aliphatic heterocycles. The maximum atomic E-state index is 13.9. The number of carbonyl (C=O) groups excluding carboxylic acids is 2. The molecule has 0 radical (unpaired) electrons. The number of urea groups is 1. The van der Waals surface area contributed by atoms with E-state index in [1.807, 2.05) is 27.7 Å². The number of nitrogens with one attached hydrogen (secondary N) is 2. The molecular weight excluding hydrogens is 355 g/mol. The van der Waals surface area contributed by atoms with Crippen molar-refractivity contribution in [2.24, 2.45) is 7.05 Å². The fraction of sp³-hybridized carbons (Fsp3) is 0.389. The average molecular weight is 378 g/mol. The highest BCUT2D eigenvalue weighted by atomic mass is 32.2. The number of benzene rings is 1. The van der Waals surface area contributed by atoms with Crippen molar-refractivity contribution < 1.29 is 14.0 Å². The van der Waals surface area contributed by atoms with Crippen molar-refractivity contribution in [3.63, 3.8) is 0 Å². The number of halogens is 1. The van der Waals surface area contributed by atoms with Crippen molar-refractivity contribution in [2.75, 3.05) is 5.32 Å². The van der Waals surface area contributed by atoms with Gasteiger partial charge in [0.05, 0.1) is 0 Å². The third-order valence-corrected chi connectivity index (χ3v) is 4.61. The van der Waals surface area contributed by atoms with Crippen LogP contribution in [0.1, 0.15) is 61.1 Å². The average Bonchev–Trinajstić information content (AvgIpc) is 2.93. The topological polar surface area (TPSA) is 76.0 Å². The first-order valence-corrected chi connectivity index (χ1v) is 9.11. The number of nitrogens with zero attached hydrogens (tertiary/aromatic N) is 2. The van der Waals surface area contributed by atoms with E-state index in [9.17, 15) is 14.0 Å². The van der Waals surface area contributed by atoms with Gasteiger partial charge in [-0.25, -0.2) is 9.18 Å². The Labute approximate surface area is 156 Å². The largest absolute Gasteiger partial charge is 0.329 e. The molecule has 0 bridgehead atoms.